The number of benzene rings is 1. The Morgan fingerprint density at radius 3 is 1.81 bits per heavy atom. The highest BCUT2D eigenvalue weighted by Gasteiger charge is 2.38. The summed E-state index contributed by atoms with van der Waals surface area (Å²) in [7, 11) is 1.64. The number of aliphatic carboxylic acids is 1. The van der Waals surface area contributed by atoms with Crippen LogP contribution in [0.4, 0.5) is 18.0 Å². The zero-order valence-electron chi connectivity index (χ0n) is 11.0. The molecule has 0 bridgehead atoms. The minimum absolute atomic E-state index is 0.211. The summed E-state index contributed by atoms with van der Waals surface area (Å²) >= 11 is 0. The molecule has 1 rings (SSSR count). The van der Waals surface area contributed by atoms with Gasteiger partial charge in [-0.3, -0.25) is 0 Å². The van der Waals surface area contributed by atoms with Crippen molar-refractivity contribution in [2.75, 3.05) is 7.11 Å². The van der Waals surface area contributed by atoms with Crippen LogP contribution in [0.2, 0.25) is 0 Å². The second-order valence-corrected chi connectivity index (χ2v) is 3.66. The average Bonchev–Trinajstić information content (AvgIpc) is 2.38. The van der Waals surface area contributed by atoms with Gasteiger partial charge in [-0.2, -0.15) is 13.2 Å². The maximum Gasteiger partial charge on any atom is 0.490 e. The summed E-state index contributed by atoms with van der Waals surface area (Å²) in [5.74, 6) is -2.76. The summed E-state index contributed by atoms with van der Waals surface area (Å²) in [6.45, 7) is 0.791. The Hall–Kier alpha value is -2.29. The fourth-order valence-corrected chi connectivity index (χ4v) is 1.05. The molecule has 0 radical (unpaired) electrons. The molecule has 0 saturated heterocycles. The van der Waals surface area contributed by atoms with Gasteiger partial charge in [-0.25, -0.2) is 9.59 Å². The lowest BCUT2D eigenvalue weighted by Crippen LogP contribution is -2.21. The molecule has 3 N–H and O–H groups in total. The molecule has 118 valence electrons. The van der Waals surface area contributed by atoms with E-state index in [1.165, 1.54) is 0 Å². The van der Waals surface area contributed by atoms with Crippen LogP contribution in [0, 0.1) is 0 Å². The van der Waals surface area contributed by atoms with E-state index in [4.69, 9.17) is 20.4 Å². The van der Waals surface area contributed by atoms with Crippen LogP contribution in [0.15, 0.2) is 24.3 Å². The first-order valence-corrected chi connectivity index (χ1v) is 5.46. The van der Waals surface area contributed by atoms with Crippen molar-refractivity contribution in [3.8, 4) is 0 Å². The molecule has 1 amide bonds. The number of alkyl halides is 3. The second kappa shape index (κ2) is 8.80. The zero-order chi connectivity index (χ0) is 16.5. The van der Waals surface area contributed by atoms with Gasteiger partial charge in [0.05, 0.1) is 6.61 Å². The van der Waals surface area contributed by atoms with E-state index in [0.29, 0.717) is 6.61 Å². The van der Waals surface area contributed by atoms with Crippen LogP contribution in [-0.2, 0) is 27.5 Å². The third kappa shape index (κ3) is 9.27. The van der Waals surface area contributed by atoms with Gasteiger partial charge in [0.2, 0.25) is 0 Å². The number of amides is 1. The van der Waals surface area contributed by atoms with Gasteiger partial charge in [0.25, 0.3) is 0 Å². The summed E-state index contributed by atoms with van der Waals surface area (Å²) < 4.78 is 41.3. The highest BCUT2D eigenvalue weighted by Crippen LogP contribution is 2.13. The van der Waals surface area contributed by atoms with Crippen molar-refractivity contribution >= 4 is 12.1 Å². The number of hydrogen-bond donors (Lipinski definition) is 2. The Morgan fingerprint density at radius 2 is 1.52 bits per heavy atom. The topological polar surface area (TPSA) is 98.9 Å². The number of halogens is 3. The number of carbonyl (C=O) groups excluding carboxylic acids is 1. The number of carboxylic acids is 1. The van der Waals surface area contributed by atoms with E-state index < -0.39 is 18.2 Å². The third-order valence-electron chi connectivity index (χ3n) is 1.96. The highest BCUT2D eigenvalue weighted by molar-refractivity contribution is 5.73. The van der Waals surface area contributed by atoms with Crippen molar-refractivity contribution in [1.29, 1.82) is 0 Å². The van der Waals surface area contributed by atoms with Crippen LogP contribution >= 0.6 is 0 Å². The summed E-state index contributed by atoms with van der Waals surface area (Å²) in [5.41, 5.74) is 6.82. The van der Waals surface area contributed by atoms with Gasteiger partial charge in [-0.1, -0.05) is 24.3 Å². The van der Waals surface area contributed by atoms with Crippen LogP contribution in [0.1, 0.15) is 11.1 Å². The molecule has 1 aromatic rings. The molecule has 21 heavy (non-hydrogen) atoms. The first-order valence-electron chi connectivity index (χ1n) is 5.46. The van der Waals surface area contributed by atoms with E-state index in [9.17, 15) is 18.0 Å². The normalized spacial score (nSPS) is 10.3. The quantitative estimate of drug-likeness (QED) is 0.887. The Labute approximate surface area is 118 Å². The van der Waals surface area contributed by atoms with Crippen molar-refractivity contribution in [3.63, 3.8) is 0 Å². The van der Waals surface area contributed by atoms with Crippen molar-refractivity contribution < 1.29 is 37.3 Å². The maximum atomic E-state index is 10.6. The van der Waals surface area contributed by atoms with Crippen molar-refractivity contribution in [1.82, 2.24) is 0 Å². The number of rotatable bonds is 4. The lowest BCUT2D eigenvalue weighted by molar-refractivity contribution is -0.192. The number of nitrogens with two attached hydrogens (primary N) is 1. The van der Waals surface area contributed by atoms with Crippen molar-refractivity contribution in [2.45, 2.75) is 19.4 Å². The summed E-state index contributed by atoms with van der Waals surface area (Å²) in [6, 6.07) is 7.58. The summed E-state index contributed by atoms with van der Waals surface area (Å²) in [4.78, 5) is 19.2. The van der Waals surface area contributed by atoms with Crippen LogP contribution < -0.4 is 5.73 Å². The molecule has 0 aliphatic carbocycles. The maximum absolute atomic E-state index is 10.6. The molecule has 0 heterocycles. The fraction of sp³-hybridized carbons (Fsp3) is 0.333. The third-order valence-corrected chi connectivity index (χ3v) is 1.96. The molecule has 9 heteroatoms. The molecule has 0 unspecified atom stereocenters. The fourth-order valence-electron chi connectivity index (χ4n) is 1.05. The molecule has 6 nitrogen and oxygen atoms in total. The summed E-state index contributed by atoms with van der Waals surface area (Å²) in [6.07, 6.45) is -5.84. The van der Waals surface area contributed by atoms with Gasteiger partial charge in [0.1, 0.15) is 6.61 Å². The van der Waals surface area contributed by atoms with E-state index in [1.54, 1.807) is 7.11 Å². The zero-order valence-corrected chi connectivity index (χ0v) is 11.0. The molecule has 0 aliphatic rings. The monoisotopic (exact) mass is 309 g/mol. The van der Waals surface area contributed by atoms with Crippen LogP contribution in [-0.4, -0.2) is 30.5 Å². The van der Waals surface area contributed by atoms with Gasteiger partial charge in [0, 0.05) is 7.11 Å². The standard InChI is InChI=1S/C10H13NO3.C2HF3O2/c1-13-6-8-2-4-9(5-3-8)7-14-10(11)12;3-2(4,5)1(6)7/h2-5H,6-7H2,1H3,(H2,11,12);(H,6,7). The Kier molecular flexibility index (Phi) is 7.84. The van der Waals surface area contributed by atoms with Crippen LogP contribution in [0.25, 0.3) is 0 Å². The van der Waals surface area contributed by atoms with E-state index in [0.717, 1.165) is 11.1 Å². The van der Waals surface area contributed by atoms with E-state index in [-0.39, 0.29) is 6.61 Å². The number of carboxylic acid groups (broad SMARTS) is 1. The molecule has 0 saturated carbocycles. The highest BCUT2D eigenvalue weighted by atomic mass is 19.4. The lowest BCUT2D eigenvalue weighted by Gasteiger charge is -2.03. The first-order chi connectivity index (χ1) is 9.66. The predicted octanol–water partition coefficient (Wildman–Crippen LogP) is 2.06. The lowest BCUT2D eigenvalue weighted by atomic mass is 10.1. The predicted molar refractivity (Wildman–Crippen MR) is 65.2 cm³/mol. The van der Waals surface area contributed by atoms with Gasteiger partial charge >= 0.3 is 18.2 Å². The molecule has 0 atom stereocenters. The average molecular weight is 309 g/mol. The Morgan fingerprint density at radius 1 is 1.14 bits per heavy atom. The van der Waals surface area contributed by atoms with Crippen LogP contribution in [0.5, 0.6) is 0 Å². The minimum Gasteiger partial charge on any atom is -0.475 e. The first kappa shape index (κ1) is 18.7. The number of methoxy groups -OCH3 is 1. The number of hydrogen-bond acceptors (Lipinski definition) is 4. The van der Waals surface area contributed by atoms with E-state index in [2.05, 4.69) is 4.74 Å². The van der Waals surface area contributed by atoms with Gasteiger partial charge in [-0.15, -0.1) is 0 Å². The van der Waals surface area contributed by atoms with Gasteiger partial charge in [0.15, 0.2) is 0 Å². The number of primary amides is 1. The number of ether oxygens (including phenoxy) is 2. The Bertz CT molecular complexity index is 459. The van der Waals surface area contributed by atoms with E-state index >= 15 is 0 Å². The smallest absolute Gasteiger partial charge is 0.475 e. The van der Waals surface area contributed by atoms with Gasteiger partial charge in [-0.05, 0) is 11.1 Å². The molecule has 0 spiro atoms. The number of carbonyl (C=O) groups is 2. The van der Waals surface area contributed by atoms with Crippen LogP contribution in [0.3, 0.4) is 0 Å². The molecule has 0 fully saturated rings. The van der Waals surface area contributed by atoms with Gasteiger partial charge < -0.3 is 20.3 Å². The second-order valence-electron chi connectivity index (χ2n) is 3.66. The molecular formula is C12H14F3NO5. The SMILES string of the molecule is COCc1ccc(COC(N)=O)cc1.O=C(O)C(F)(F)F. The van der Waals surface area contributed by atoms with Crippen molar-refractivity contribution in [2.24, 2.45) is 5.73 Å². The van der Waals surface area contributed by atoms with E-state index in [1.807, 2.05) is 24.3 Å². The molecular weight excluding hydrogens is 295 g/mol. The molecule has 0 aromatic heterocycles. The Balaban J connectivity index is 0.000000486. The molecule has 1 aromatic carbocycles. The van der Waals surface area contributed by atoms with Crippen molar-refractivity contribution in [3.05, 3.63) is 35.4 Å². The summed E-state index contributed by atoms with van der Waals surface area (Å²) in [5, 5.41) is 7.12. The minimum atomic E-state index is -5.08. The largest absolute Gasteiger partial charge is 0.490 e. The molecule has 0 aliphatic heterocycles.